The maximum atomic E-state index is 13.4. The molecule has 0 saturated carbocycles. The molecule has 0 spiro atoms. The Morgan fingerprint density at radius 2 is 1.77 bits per heavy atom. The van der Waals surface area contributed by atoms with Gasteiger partial charge >= 0.3 is 0 Å². The lowest BCUT2D eigenvalue weighted by molar-refractivity contribution is -0.122. The van der Waals surface area contributed by atoms with E-state index in [1.54, 1.807) is 60.7 Å². The highest BCUT2D eigenvalue weighted by Gasteiger charge is 2.37. The van der Waals surface area contributed by atoms with Crippen molar-refractivity contribution in [2.24, 2.45) is 0 Å². The summed E-state index contributed by atoms with van der Waals surface area (Å²) in [4.78, 5) is 13.1. The minimum absolute atomic E-state index is 0.131. The van der Waals surface area contributed by atoms with Crippen LogP contribution in [0.25, 0.3) is 0 Å². The molecule has 160 valence electrons. The molecule has 9 heteroatoms. The Morgan fingerprint density at radius 3 is 2.52 bits per heavy atom. The molecule has 0 bridgehead atoms. The molecule has 3 aromatic carbocycles. The quantitative estimate of drug-likeness (QED) is 0.580. The summed E-state index contributed by atoms with van der Waals surface area (Å²) >= 11 is 12.1. The molecular formula is C22H18Cl2N2O4S. The van der Waals surface area contributed by atoms with Crippen LogP contribution in [0, 0.1) is 6.92 Å². The number of amides is 1. The SMILES string of the molecule is Cc1ccc(S(=O)(=O)N2C[C@H](C(=O)Nc3cc(Cl)ccc3Cl)Oc3ccccc32)cc1. The maximum Gasteiger partial charge on any atom is 0.267 e. The number of para-hydroxylation sites is 2. The van der Waals surface area contributed by atoms with E-state index in [1.807, 2.05) is 6.92 Å². The topological polar surface area (TPSA) is 75.7 Å². The van der Waals surface area contributed by atoms with Gasteiger partial charge in [-0.1, -0.05) is 53.0 Å². The fourth-order valence-electron chi connectivity index (χ4n) is 3.21. The van der Waals surface area contributed by atoms with E-state index in [-0.39, 0.29) is 11.4 Å². The van der Waals surface area contributed by atoms with Crippen molar-refractivity contribution < 1.29 is 17.9 Å². The molecule has 0 radical (unpaired) electrons. The van der Waals surface area contributed by atoms with E-state index in [2.05, 4.69) is 5.32 Å². The van der Waals surface area contributed by atoms with Crippen molar-refractivity contribution in [3.8, 4) is 5.75 Å². The van der Waals surface area contributed by atoms with Gasteiger partial charge in [0.1, 0.15) is 5.75 Å². The Balaban J connectivity index is 1.68. The molecule has 1 N–H and O–H groups in total. The lowest BCUT2D eigenvalue weighted by Gasteiger charge is -2.34. The molecule has 4 rings (SSSR count). The number of rotatable bonds is 4. The maximum absolute atomic E-state index is 13.4. The normalized spacial score (nSPS) is 15.7. The Hall–Kier alpha value is -2.74. The predicted molar refractivity (Wildman–Crippen MR) is 122 cm³/mol. The van der Waals surface area contributed by atoms with Crippen LogP contribution in [0.4, 0.5) is 11.4 Å². The monoisotopic (exact) mass is 476 g/mol. The highest BCUT2D eigenvalue weighted by Crippen LogP contribution is 2.37. The number of aryl methyl sites for hydroxylation is 1. The predicted octanol–water partition coefficient (Wildman–Crippen LogP) is 4.90. The minimum atomic E-state index is -3.92. The molecule has 0 unspecified atom stereocenters. The van der Waals surface area contributed by atoms with Crippen molar-refractivity contribution in [2.75, 3.05) is 16.2 Å². The fraction of sp³-hybridized carbons (Fsp3) is 0.136. The van der Waals surface area contributed by atoms with E-state index < -0.39 is 22.0 Å². The summed E-state index contributed by atoms with van der Waals surface area (Å²) in [5.74, 6) is -0.246. The van der Waals surface area contributed by atoms with Gasteiger partial charge in [-0.25, -0.2) is 8.42 Å². The van der Waals surface area contributed by atoms with Crippen molar-refractivity contribution >= 4 is 50.5 Å². The summed E-state index contributed by atoms with van der Waals surface area (Å²) in [6.07, 6.45) is -1.09. The van der Waals surface area contributed by atoms with Crippen LogP contribution in [0.15, 0.2) is 71.6 Å². The van der Waals surface area contributed by atoms with Crippen molar-refractivity contribution in [3.63, 3.8) is 0 Å². The highest BCUT2D eigenvalue weighted by molar-refractivity contribution is 7.92. The first-order valence-corrected chi connectivity index (χ1v) is 11.6. The van der Waals surface area contributed by atoms with Crippen LogP contribution in [-0.4, -0.2) is 27.0 Å². The molecule has 6 nitrogen and oxygen atoms in total. The summed E-state index contributed by atoms with van der Waals surface area (Å²) in [6.45, 7) is 1.68. The second-order valence-electron chi connectivity index (χ2n) is 7.04. The molecule has 0 saturated heterocycles. The lowest BCUT2D eigenvalue weighted by Crippen LogP contribution is -2.48. The third-order valence-electron chi connectivity index (χ3n) is 4.82. The average Bonchev–Trinajstić information content (AvgIpc) is 2.75. The van der Waals surface area contributed by atoms with Crippen LogP contribution in [0.2, 0.25) is 10.0 Å². The number of fused-ring (bicyclic) bond motifs is 1. The van der Waals surface area contributed by atoms with E-state index >= 15 is 0 Å². The number of carbonyl (C=O) groups is 1. The third-order valence-corrected chi connectivity index (χ3v) is 7.18. The number of nitrogens with one attached hydrogen (secondary N) is 1. The van der Waals surface area contributed by atoms with Gasteiger partial charge in [0.15, 0.2) is 6.10 Å². The van der Waals surface area contributed by atoms with Crippen LogP contribution >= 0.6 is 23.2 Å². The number of hydrogen-bond acceptors (Lipinski definition) is 4. The molecule has 31 heavy (non-hydrogen) atoms. The van der Waals surface area contributed by atoms with Crippen LogP contribution < -0.4 is 14.4 Å². The molecule has 0 fully saturated rings. The van der Waals surface area contributed by atoms with Gasteiger partial charge in [0.05, 0.1) is 27.8 Å². The van der Waals surface area contributed by atoms with Crippen LogP contribution in [0.1, 0.15) is 5.56 Å². The first kappa shape index (κ1) is 21.5. The number of halogens is 2. The average molecular weight is 477 g/mol. The summed E-state index contributed by atoms with van der Waals surface area (Å²) < 4.78 is 33.8. The van der Waals surface area contributed by atoms with E-state index in [9.17, 15) is 13.2 Å². The van der Waals surface area contributed by atoms with Gasteiger partial charge < -0.3 is 10.1 Å². The van der Waals surface area contributed by atoms with Crippen LogP contribution in [-0.2, 0) is 14.8 Å². The summed E-state index contributed by atoms with van der Waals surface area (Å²) in [7, 11) is -3.92. The van der Waals surface area contributed by atoms with E-state index in [0.717, 1.165) is 5.56 Å². The fourth-order valence-corrected chi connectivity index (χ4v) is 5.02. The third kappa shape index (κ3) is 4.35. The molecular weight excluding hydrogens is 459 g/mol. The minimum Gasteiger partial charge on any atom is -0.476 e. The first-order valence-electron chi connectivity index (χ1n) is 9.37. The van der Waals surface area contributed by atoms with Crippen molar-refractivity contribution in [2.45, 2.75) is 17.9 Å². The number of nitrogens with zero attached hydrogens (tertiary/aromatic N) is 1. The van der Waals surface area contributed by atoms with Gasteiger partial charge in [-0.2, -0.15) is 0 Å². The Kier molecular flexibility index (Phi) is 5.83. The van der Waals surface area contributed by atoms with Crippen LogP contribution in [0.5, 0.6) is 5.75 Å². The summed E-state index contributed by atoms with van der Waals surface area (Å²) in [5, 5.41) is 3.37. The molecule has 3 aromatic rings. The second kappa shape index (κ2) is 8.42. The van der Waals surface area contributed by atoms with Gasteiger partial charge in [0, 0.05) is 5.02 Å². The summed E-state index contributed by atoms with van der Waals surface area (Å²) in [5.41, 5.74) is 1.62. The number of sulfonamides is 1. The Morgan fingerprint density at radius 1 is 1.06 bits per heavy atom. The van der Waals surface area contributed by atoms with Gasteiger partial charge in [0.25, 0.3) is 15.9 Å². The number of anilines is 2. The largest absolute Gasteiger partial charge is 0.476 e. The lowest BCUT2D eigenvalue weighted by atomic mass is 10.2. The van der Waals surface area contributed by atoms with Gasteiger partial charge in [-0.05, 0) is 49.4 Å². The molecule has 1 amide bonds. The highest BCUT2D eigenvalue weighted by atomic mass is 35.5. The summed E-state index contributed by atoms with van der Waals surface area (Å²) in [6, 6.07) is 17.9. The van der Waals surface area contributed by atoms with E-state index in [4.69, 9.17) is 27.9 Å². The molecule has 0 aliphatic carbocycles. The van der Waals surface area contributed by atoms with E-state index in [0.29, 0.717) is 27.2 Å². The first-order chi connectivity index (χ1) is 14.8. The van der Waals surface area contributed by atoms with Gasteiger partial charge in [-0.15, -0.1) is 0 Å². The zero-order chi connectivity index (χ0) is 22.2. The van der Waals surface area contributed by atoms with Gasteiger partial charge in [0.2, 0.25) is 0 Å². The molecule has 1 aliphatic heterocycles. The molecule has 1 atom stereocenters. The Labute approximate surface area is 190 Å². The number of benzene rings is 3. The van der Waals surface area contributed by atoms with Crippen molar-refractivity contribution in [1.29, 1.82) is 0 Å². The molecule has 1 aliphatic rings. The number of hydrogen-bond donors (Lipinski definition) is 1. The zero-order valence-corrected chi connectivity index (χ0v) is 18.7. The number of ether oxygens (including phenoxy) is 1. The van der Waals surface area contributed by atoms with Crippen molar-refractivity contribution in [1.82, 2.24) is 0 Å². The second-order valence-corrected chi connectivity index (χ2v) is 9.74. The standard InChI is InChI=1S/C22H18Cl2N2O4S/c1-14-6-9-16(10-7-14)31(28,29)26-13-21(30-20-5-3-2-4-19(20)26)22(27)25-18-12-15(23)8-11-17(18)24/h2-12,21H,13H2,1H3,(H,25,27)/t21-/m1/s1. The molecule has 0 aromatic heterocycles. The van der Waals surface area contributed by atoms with Crippen LogP contribution in [0.3, 0.4) is 0 Å². The zero-order valence-electron chi connectivity index (χ0n) is 16.4. The smallest absolute Gasteiger partial charge is 0.267 e. The van der Waals surface area contributed by atoms with Gasteiger partial charge in [-0.3, -0.25) is 9.10 Å². The van der Waals surface area contributed by atoms with Crippen molar-refractivity contribution in [3.05, 3.63) is 82.3 Å². The van der Waals surface area contributed by atoms with E-state index in [1.165, 1.54) is 10.4 Å². The Bertz CT molecular complexity index is 1250. The number of carbonyl (C=O) groups excluding carboxylic acids is 1. The molecule has 1 heterocycles.